The predicted octanol–water partition coefficient (Wildman–Crippen LogP) is 4.75. The molecule has 0 atom stereocenters. The molecular weight excluding hydrogens is 334 g/mol. The van der Waals surface area contributed by atoms with Crippen molar-refractivity contribution in [2.75, 3.05) is 11.9 Å². The van der Waals surface area contributed by atoms with Crippen molar-refractivity contribution in [2.24, 2.45) is 0 Å². The Morgan fingerprint density at radius 1 is 1.17 bits per heavy atom. The van der Waals surface area contributed by atoms with Gasteiger partial charge < -0.3 is 10.6 Å². The molecule has 0 radical (unpaired) electrons. The van der Waals surface area contributed by atoms with Crippen LogP contribution in [0.15, 0.2) is 60.7 Å². The third-order valence-corrected chi connectivity index (χ3v) is 4.74. The summed E-state index contributed by atoms with van der Waals surface area (Å²) in [5.41, 5.74) is 4.33. The highest BCUT2D eigenvalue weighted by Gasteiger charge is 2.05. The van der Waals surface area contributed by atoms with Crippen molar-refractivity contribution in [3.8, 4) is 0 Å². The Balaban J connectivity index is 1.61. The van der Waals surface area contributed by atoms with Crippen molar-refractivity contribution >= 4 is 44.6 Å². The summed E-state index contributed by atoms with van der Waals surface area (Å²) < 4.78 is 1.24. The highest BCUT2D eigenvalue weighted by molar-refractivity contribution is 7.80. The summed E-state index contributed by atoms with van der Waals surface area (Å²) in [6, 6.07) is 16.5. The van der Waals surface area contributed by atoms with Gasteiger partial charge in [-0.25, -0.2) is 4.98 Å². The quantitative estimate of drug-likeness (QED) is 0.513. The van der Waals surface area contributed by atoms with E-state index in [9.17, 15) is 0 Å². The number of hydrogen-bond donors (Lipinski definition) is 2. The summed E-state index contributed by atoms with van der Waals surface area (Å²) in [6.45, 7) is 6.49. The Kier molecular flexibility index (Phi) is 5.23. The molecule has 0 saturated heterocycles. The van der Waals surface area contributed by atoms with E-state index in [1.165, 1.54) is 10.3 Å². The molecule has 0 spiro atoms. The van der Waals surface area contributed by atoms with E-state index in [1.54, 1.807) is 11.3 Å². The second-order valence-electron chi connectivity index (χ2n) is 5.71. The van der Waals surface area contributed by atoms with Crippen LogP contribution >= 0.6 is 23.6 Å². The fourth-order valence-electron chi connectivity index (χ4n) is 2.28. The van der Waals surface area contributed by atoms with E-state index >= 15 is 0 Å². The molecule has 1 heterocycles. The minimum absolute atomic E-state index is 0.608. The van der Waals surface area contributed by atoms with E-state index in [2.05, 4.69) is 52.5 Å². The molecule has 5 heteroatoms. The minimum Gasteiger partial charge on any atom is -0.359 e. The first-order valence-corrected chi connectivity index (χ1v) is 8.95. The molecule has 0 saturated carbocycles. The minimum atomic E-state index is 0.608. The van der Waals surface area contributed by atoms with E-state index in [0.717, 1.165) is 28.2 Å². The fourth-order valence-corrected chi connectivity index (χ4v) is 3.47. The summed E-state index contributed by atoms with van der Waals surface area (Å²) in [7, 11) is 0. The number of thiazole rings is 1. The second kappa shape index (κ2) is 7.55. The Morgan fingerprint density at radius 2 is 1.92 bits per heavy atom. The number of para-hydroxylation sites is 1. The molecular formula is C19H19N3S2. The van der Waals surface area contributed by atoms with Crippen LogP contribution < -0.4 is 10.6 Å². The Labute approximate surface area is 151 Å². The maximum Gasteiger partial charge on any atom is 0.171 e. The highest BCUT2D eigenvalue weighted by Crippen LogP contribution is 2.24. The SMILES string of the molecule is C=C(C)CNC(=S)Nc1ccc(Cc2nc3ccccc3s2)cc1. The van der Waals surface area contributed by atoms with Gasteiger partial charge in [-0.05, 0) is 49.0 Å². The van der Waals surface area contributed by atoms with Crippen LogP contribution in [0.4, 0.5) is 5.69 Å². The number of nitrogens with zero attached hydrogens (tertiary/aromatic N) is 1. The summed E-state index contributed by atoms with van der Waals surface area (Å²) in [6.07, 6.45) is 0.845. The van der Waals surface area contributed by atoms with Crippen LogP contribution in [-0.2, 0) is 6.42 Å². The molecule has 1 aromatic heterocycles. The summed E-state index contributed by atoms with van der Waals surface area (Å²) in [4.78, 5) is 4.68. The maximum absolute atomic E-state index is 5.26. The number of rotatable bonds is 5. The van der Waals surface area contributed by atoms with Gasteiger partial charge in [0.25, 0.3) is 0 Å². The van der Waals surface area contributed by atoms with E-state index < -0.39 is 0 Å². The summed E-state index contributed by atoms with van der Waals surface area (Å²) in [5.74, 6) is 0. The molecule has 0 aliphatic carbocycles. The standard InChI is InChI=1S/C19H19N3S2/c1-13(2)12-20-19(23)21-15-9-7-14(8-10-15)11-18-22-16-5-3-4-6-17(16)24-18/h3-10H,1,11-12H2,2H3,(H2,20,21,23). The van der Waals surface area contributed by atoms with Crippen molar-refractivity contribution in [1.82, 2.24) is 10.3 Å². The summed E-state index contributed by atoms with van der Waals surface area (Å²) >= 11 is 7.01. The van der Waals surface area contributed by atoms with Gasteiger partial charge in [0.1, 0.15) is 0 Å². The molecule has 24 heavy (non-hydrogen) atoms. The van der Waals surface area contributed by atoms with Crippen LogP contribution in [0.5, 0.6) is 0 Å². The number of anilines is 1. The molecule has 0 aliphatic heterocycles. The number of aromatic nitrogens is 1. The van der Waals surface area contributed by atoms with Crippen LogP contribution in [0.1, 0.15) is 17.5 Å². The third-order valence-electron chi connectivity index (χ3n) is 3.46. The lowest BCUT2D eigenvalue weighted by atomic mass is 10.1. The lowest BCUT2D eigenvalue weighted by molar-refractivity contribution is 1.000. The van der Waals surface area contributed by atoms with Gasteiger partial charge in [-0.2, -0.15) is 0 Å². The third kappa shape index (κ3) is 4.40. The number of hydrogen-bond acceptors (Lipinski definition) is 3. The van der Waals surface area contributed by atoms with Gasteiger partial charge in [0.05, 0.1) is 15.2 Å². The van der Waals surface area contributed by atoms with E-state index in [1.807, 2.05) is 25.1 Å². The van der Waals surface area contributed by atoms with Gasteiger partial charge >= 0.3 is 0 Å². The molecule has 122 valence electrons. The lowest BCUT2D eigenvalue weighted by Crippen LogP contribution is -2.29. The molecule has 3 nitrogen and oxygen atoms in total. The predicted molar refractivity (Wildman–Crippen MR) is 108 cm³/mol. The Bertz CT molecular complexity index is 833. The number of benzene rings is 2. The highest BCUT2D eigenvalue weighted by atomic mass is 32.1. The van der Waals surface area contributed by atoms with Gasteiger partial charge in [-0.3, -0.25) is 0 Å². The van der Waals surface area contributed by atoms with E-state index in [0.29, 0.717) is 11.7 Å². The maximum atomic E-state index is 5.26. The first kappa shape index (κ1) is 16.6. The second-order valence-corrected chi connectivity index (χ2v) is 7.24. The largest absolute Gasteiger partial charge is 0.359 e. The zero-order chi connectivity index (χ0) is 16.9. The van der Waals surface area contributed by atoms with Crippen molar-refractivity contribution < 1.29 is 0 Å². The molecule has 0 bridgehead atoms. The van der Waals surface area contributed by atoms with Crippen LogP contribution in [0.2, 0.25) is 0 Å². The van der Waals surface area contributed by atoms with Crippen molar-refractivity contribution in [3.05, 3.63) is 71.3 Å². The van der Waals surface area contributed by atoms with Gasteiger partial charge in [0.15, 0.2) is 5.11 Å². The lowest BCUT2D eigenvalue weighted by Gasteiger charge is -2.10. The number of thiocarbonyl (C=S) groups is 1. The average molecular weight is 354 g/mol. The van der Waals surface area contributed by atoms with Gasteiger partial charge in [0, 0.05) is 18.7 Å². The van der Waals surface area contributed by atoms with Crippen LogP contribution in [0.25, 0.3) is 10.2 Å². The van der Waals surface area contributed by atoms with E-state index in [-0.39, 0.29) is 0 Å². The first-order valence-electron chi connectivity index (χ1n) is 7.73. The molecule has 2 aromatic carbocycles. The van der Waals surface area contributed by atoms with E-state index in [4.69, 9.17) is 12.2 Å². The monoisotopic (exact) mass is 353 g/mol. The molecule has 0 aliphatic rings. The van der Waals surface area contributed by atoms with Crippen LogP contribution in [0.3, 0.4) is 0 Å². The van der Waals surface area contributed by atoms with Crippen LogP contribution in [-0.4, -0.2) is 16.6 Å². The molecule has 3 aromatic rings. The van der Waals surface area contributed by atoms with Gasteiger partial charge in [0.2, 0.25) is 0 Å². The van der Waals surface area contributed by atoms with Crippen molar-refractivity contribution in [2.45, 2.75) is 13.3 Å². The Hall–Kier alpha value is -2.24. The van der Waals surface area contributed by atoms with Crippen molar-refractivity contribution in [1.29, 1.82) is 0 Å². The molecule has 0 unspecified atom stereocenters. The Morgan fingerprint density at radius 3 is 2.62 bits per heavy atom. The zero-order valence-corrected chi connectivity index (χ0v) is 15.1. The smallest absolute Gasteiger partial charge is 0.171 e. The average Bonchev–Trinajstić information content (AvgIpc) is 2.97. The number of nitrogens with one attached hydrogen (secondary N) is 2. The number of fused-ring (bicyclic) bond motifs is 1. The first-order chi connectivity index (χ1) is 11.6. The normalized spacial score (nSPS) is 10.5. The van der Waals surface area contributed by atoms with Gasteiger partial charge in [-0.15, -0.1) is 11.3 Å². The van der Waals surface area contributed by atoms with Crippen molar-refractivity contribution in [3.63, 3.8) is 0 Å². The fraction of sp³-hybridized carbons (Fsp3) is 0.158. The topological polar surface area (TPSA) is 37.0 Å². The van der Waals surface area contributed by atoms with Crippen LogP contribution in [0, 0.1) is 0 Å². The van der Waals surface area contributed by atoms with Gasteiger partial charge in [-0.1, -0.05) is 36.4 Å². The molecule has 2 N–H and O–H groups in total. The molecule has 0 amide bonds. The molecule has 3 rings (SSSR count). The zero-order valence-electron chi connectivity index (χ0n) is 13.5. The summed E-state index contributed by atoms with van der Waals surface area (Å²) in [5, 5.41) is 8.03. The molecule has 0 fully saturated rings.